The van der Waals surface area contributed by atoms with Crippen LogP contribution in [-0.2, 0) is 9.59 Å². The molecule has 0 aliphatic heterocycles. The van der Waals surface area contributed by atoms with Crippen molar-refractivity contribution in [3.63, 3.8) is 0 Å². The minimum Gasteiger partial charge on any atom is -0.327 e. The molecule has 0 heterocycles. The molecule has 0 aromatic heterocycles. The number of halogens is 1. The smallest absolute Gasteiger partial charge is 0.229 e. The van der Waals surface area contributed by atoms with Crippen LogP contribution in [0.4, 0.5) is 11.4 Å². The first-order chi connectivity index (χ1) is 11.4. The van der Waals surface area contributed by atoms with Crippen LogP contribution >= 0.6 is 12.4 Å². The number of carbonyl (C=O) groups excluding carboxylic acids is 2. The van der Waals surface area contributed by atoms with E-state index in [1.165, 1.54) is 6.42 Å². The van der Waals surface area contributed by atoms with Crippen molar-refractivity contribution in [3.8, 4) is 0 Å². The zero-order chi connectivity index (χ0) is 17.3. The predicted octanol–water partition coefficient (Wildman–Crippen LogP) is 3.40. The van der Waals surface area contributed by atoms with E-state index in [1.807, 2.05) is 38.1 Å². The Kier molecular flexibility index (Phi) is 6.47. The van der Waals surface area contributed by atoms with Crippen LogP contribution < -0.4 is 16.4 Å². The summed E-state index contributed by atoms with van der Waals surface area (Å²) in [5, 5.41) is 5.85. The van der Waals surface area contributed by atoms with E-state index >= 15 is 0 Å². The Morgan fingerprint density at radius 2 is 1.64 bits per heavy atom. The lowest BCUT2D eigenvalue weighted by atomic mass is 9.84. The molecule has 2 saturated carbocycles. The highest BCUT2D eigenvalue weighted by atomic mass is 35.5. The van der Waals surface area contributed by atoms with Crippen molar-refractivity contribution in [2.45, 2.75) is 45.6 Å². The number of amides is 2. The van der Waals surface area contributed by atoms with E-state index < -0.39 is 0 Å². The van der Waals surface area contributed by atoms with Crippen molar-refractivity contribution in [1.82, 2.24) is 0 Å². The van der Waals surface area contributed by atoms with E-state index in [9.17, 15) is 9.59 Å². The standard InChI is InChI=1S/C19H27N3O2.ClH/c1-11(2)9-16(23)21-14-5-7-15(8-6-14)22-19(24)17-12-3-4-13(10-12)18(17)20;/h5-8,11-13,17-18H,3-4,9-10,20H2,1-2H3,(H,21,23)(H,22,24);1H. The molecule has 138 valence electrons. The quantitative estimate of drug-likeness (QED) is 0.747. The monoisotopic (exact) mass is 365 g/mol. The molecule has 2 aliphatic rings. The SMILES string of the molecule is CC(C)CC(=O)Nc1ccc(NC(=O)C2C3CCC(C3)C2N)cc1.Cl. The highest BCUT2D eigenvalue weighted by Crippen LogP contribution is 2.47. The topological polar surface area (TPSA) is 84.2 Å². The number of hydrogen-bond donors (Lipinski definition) is 3. The van der Waals surface area contributed by atoms with Gasteiger partial charge in [0.05, 0.1) is 5.92 Å². The molecule has 2 bridgehead atoms. The number of rotatable bonds is 5. The third-order valence-electron chi connectivity index (χ3n) is 5.31. The van der Waals surface area contributed by atoms with Gasteiger partial charge in [-0.3, -0.25) is 9.59 Å². The van der Waals surface area contributed by atoms with Gasteiger partial charge in [-0.1, -0.05) is 13.8 Å². The number of fused-ring (bicyclic) bond motifs is 2. The highest BCUT2D eigenvalue weighted by molar-refractivity contribution is 5.94. The average Bonchev–Trinajstić information content (AvgIpc) is 3.09. The minimum absolute atomic E-state index is 0. The normalized spacial score (nSPS) is 27.0. The Morgan fingerprint density at radius 1 is 1.08 bits per heavy atom. The summed E-state index contributed by atoms with van der Waals surface area (Å²) in [6.07, 6.45) is 3.89. The molecule has 2 amide bonds. The van der Waals surface area contributed by atoms with Crippen LogP contribution in [0.5, 0.6) is 0 Å². The van der Waals surface area contributed by atoms with Gasteiger partial charge in [0.1, 0.15) is 0 Å². The first-order valence-corrected chi connectivity index (χ1v) is 8.90. The van der Waals surface area contributed by atoms with Gasteiger partial charge in [-0.25, -0.2) is 0 Å². The van der Waals surface area contributed by atoms with Crippen LogP contribution in [0, 0.1) is 23.7 Å². The number of carbonyl (C=O) groups is 2. The highest BCUT2D eigenvalue weighted by Gasteiger charge is 2.49. The van der Waals surface area contributed by atoms with Gasteiger partial charge >= 0.3 is 0 Å². The molecule has 4 unspecified atom stereocenters. The summed E-state index contributed by atoms with van der Waals surface area (Å²) in [6.45, 7) is 4.03. The molecular weight excluding hydrogens is 338 g/mol. The fourth-order valence-corrected chi connectivity index (χ4v) is 4.17. The molecular formula is C19H28ClN3O2. The third-order valence-corrected chi connectivity index (χ3v) is 5.31. The summed E-state index contributed by atoms with van der Waals surface area (Å²) in [5.41, 5.74) is 7.72. The van der Waals surface area contributed by atoms with Crippen molar-refractivity contribution in [1.29, 1.82) is 0 Å². The first-order valence-electron chi connectivity index (χ1n) is 8.90. The summed E-state index contributed by atoms with van der Waals surface area (Å²) >= 11 is 0. The van der Waals surface area contributed by atoms with Gasteiger partial charge in [-0.05, 0) is 61.3 Å². The largest absolute Gasteiger partial charge is 0.327 e. The molecule has 4 N–H and O–H groups in total. The van der Waals surface area contributed by atoms with Gasteiger partial charge in [0, 0.05) is 23.8 Å². The Hall–Kier alpha value is -1.59. The van der Waals surface area contributed by atoms with Crippen molar-refractivity contribution >= 4 is 35.6 Å². The molecule has 1 aromatic carbocycles. The summed E-state index contributed by atoms with van der Waals surface area (Å²) in [7, 11) is 0. The molecule has 2 aliphatic carbocycles. The van der Waals surface area contributed by atoms with Crippen molar-refractivity contribution in [2.75, 3.05) is 10.6 Å². The second kappa shape index (κ2) is 8.19. The summed E-state index contributed by atoms with van der Waals surface area (Å²) in [5.74, 6) is 1.27. The van der Waals surface area contributed by atoms with Gasteiger partial charge < -0.3 is 16.4 Å². The molecule has 6 heteroatoms. The van der Waals surface area contributed by atoms with Crippen molar-refractivity contribution < 1.29 is 9.59 Å². The molecule has 1 aromatic rings. The number of anilines is 2. The average molecular weight is 366 g/mol. The lowest BCUT2D eigenvalue weighted by Crippen LogP contribution is -2.42. The van der Waals surface area contributed by atoms with E-state index in [0.717, 1.165) is 24.2 Å². The Morgan fingerprint density at radius 3 is 2.16 bits per heavy atom. The van der Waals surface area contributed by atoms with E-state index in [-0.39, 0.29) is 36.2 Å². The fraction of sp³-hybridized carbons (Fsp3) is 0.579. The summed E-state index contributed by atoms with van der Waals surface area (Å²) in [4.78, 5) is 24.3. The van der Waals surface area contributed by atoms with Crippen LogP contribution in [0.3, 0.4) is 0 Å². The number of hydrogen-bond acceptors (Lipinski definition) is 3. The molecule has 2 fully saturated rings. The molecule has 4 atom stereocenters. The Balaban J connectivity index is 0.00000225. The zero-order valence-electron chi connectivity index (χ0n) is 14.8. The molecule has 5 nitrogen and oxygen atoms in total. The Bertz CT molecular complexity index is 616. The van der Waals surface area contributed by atoms with Gasteiger partial charge in [0.25, 0.3) is 0 Å². The maximum absolute atomic E-state index is 12.5. The van der Waals surface area contributed by atoms with Crippen molar-refractivity contribution in [3.05, 3.63) is 24.3 Å². The first kappa shape index (κ1) is 19.7. The maximum atomic E-state index is 12.5. The van der Waals surface area contributed by atoms with Gasteiger partial charge in [0.2, 0.25) is 11.8 Å². The molecule has 0 saturated heterocycles. The van der Waals surface area contributed by atoms with Crippen LogP contribution in [-0.4, -0.2) is 17.9 Å². The van der Waals surface area contributed by atoms with E-state index in [0.29, 0.717) is 24.2 Å². The van der Waals surface area contributed by atoms with E-state index in [1.54, 1.807) is 0 Å². The molecule has 25 heavy (non-hydrogen) atoms. The van der Waals surface area contributed by atoms with Crippen LogP contribution in [0.1, 0.15) is 39.5 Å². The van der Waals surface area contributed by atoms with Gasteiger partial charge in [-0.2, -0.15) is 0 Å². The van der Waals surface area contributed by atoms with E-state index in [2.05, 4.69) is 10.6 Å². The molecule has 0 spiro atoms. The molecule has 3 rings (SSSR count). The van der Waals surface area contributed by atoms with Crippen LogP contribution in [0.15, 0.2) is 24.3 Å². The van der Waals surface area contributed by atoms with Crippen molar-refractivity contribution in [2.24, 2.45) is 29.4 Å². The molecule has 0 radical (unpaired) electrons. The van der Waals surface area contributed by atoms with E-state index in [4.69, 9.17) is 5.73 Å². The van der Waals surface area contributed by atoms with Gasteiger partial charge in [0.15, 0.2) is 0 Å². The zero-order valence-corrected chi connectivity index (χ0v) is 15.6. The lowest BCUT2D eigenvalue weighted by Gasteiger charge is -2.27. The fourth-order valence-electron chi connectivity index (χ4n) is 4.17. The Labute approximate surface area is 155 Å². The van der Waals surface area contributed by atoms with Gasteiger partial charge in [-0.15, -0.1) is 12.4 Å². The minimum atomic E-state index is -0.0610. The predicted molar refractivity (Wildman–Crippen MR) is 103 cm³/mol. The number of nitrogens with one attached hydrogen (secondary N) is 2. The van der Waals surface area contributed by atoms with Crippen LogP contribution in [0.2, 0.25) is 0 Å². The lowest BCUT2D eigenvalue weighted by molar-refractivity contribution is -0.121. The number of nitrogens with two attached hydrogens (primary N) is 1. The second-order valence-electron chi connectivity index (χ2n) is 7.65. The van der Waals surface area contributed by atoms with Crippen LogP contribution in [0.25, 0.3) is 0 Å². The second-order valence-corrected chi connectivity index (χ2v) is 7.65. The third kappa shape index (κ3) is 4.53. The number of benzene rings is 1. The summed E-state index contributed by atoms with van der Waals surface area (Å²) in [6, 6.07) is 7.27. The maximum Gasteiger partial charge on any atom is 0.229 e. The summed E-state index contributed by atoms with van der Waals surface area (Å²) < 4.78 is 0.